The summed E-state index contributed by atoms with van der Waals surface area (Å²) in [6.45, 7) is 0.694. The minimum atomic E-state index is -0.806. The molecule has 1 saturated carbocycles. The molecule has 12 nitrogen and oxygen atoms in total. The van der Waals surface area contributed by atoms with Crippen LogP contribution in [0.1, 0.15) is 34.9 Å². The second-order valence-corrected chi connectivity index (χ2v) is 7.33. The quantitative estimate of drug-likeness (QED) is 0.445. The summed E-state index contributed by atoms with van der Waals surface area (Å²) in [5.74, 6) is 0.0663. The SMILES string of the molecule is CNC(=O)c1c(NC(=O)Oc2nc(C3CC3)ccc2Nc2cncnc2)cnn1CCOC. The van der Waals surface area contributed by atoms with Crippen molar-refractivity contribution < 1.29 is 19.1 Å². The summed E-state index contributed by atoms with van der Waals surface area (Å²) >= 11 is 0. The van der Waals surface area contributed by atoms with Crippen molar-refractivity contribution in [3.63, 3.8) is 0 Å². The number of nitrogens with zero attached hydrogens (tertiary/aromatic N) is 5. The van der Waals surface area contributed by atoms with Crippen molar-refractivity contribution in [3.8, 4) is 5.88 Å². The van der Waals surface area contributed by atoms with E-state index in [2.05, 4.69) is 36.0 Å². The maximum Gasteiger partial charge on any atom is 0.418 e. The molecule has 3 N–H and O–H groups in total. The third kappa shape index (κ3) is 5.41. The number of aromatic nitrogens is 5. The van der Waals surface area contributed by atoms with Crippen LogP contribution >= 0.6 is 0 Å². The second kappa shape index (κ2) is 10.0. The van der Waals surface area contributed by atoms with Crippen LogP contribution < -0.4 is 20.7 Å². The number of carbonyl (C=O) groups excluding carboxylic acids is 2. The molecule has 0 saturated heterocycles. The van der Waals surface area contributed by atoms with Crippen molar-refractivity contribution in [2.45, 2.75) is 25.3 Å². The van der Waals surface area contributed by atoms with E-state index in [9.17, 15) is 9.59 Å². The van der Waals surface area contributed by atoms with Crippen LogP contribution in [0.15, 0.2) is 37.1 Å². The van der Waals surface area contributed by atoms with Crippen molar-refractivity contribution in [3.05, 3.63) is 48.4 Å². The number of nitrogens with one attached hydrogen (secondary N) is 3. The molecule has 2 amide bonds. The number of hydrogen-bond donors (Lipinski definition) is 3. The Labute approximate surface area is 189 Å². The molecule has 3 aromatic heterocycles. The van der Waals surface area contributed by atoms with E-state index < -0.39 is 12.0 Å². The third-order valence-electron chi connectivity index (χ3n) is 4.93. The van der Waals surface area contributed by atoms with Gasteiger partial charge in [0.1, 0.15) is 17.7 Å². The van der Waals surface area contributed by atoms with Gasteiger partial charge in [0.25, 0.3) is 5.91 Å². The van der Waals surface area contributed by atoms with Gasteiger partial charge in [0, 0.05) is 25.8 Å². The first-order valence-corrected chi connectivity index (χ1v) is 10.4. The number of carbonyl (C=O) groups is 2. The second-order valence-electron chi connectivity index (χ2n) is 7.33. The maximum absolute atomic E-state index is 12.8. The zero-order valence-electron chi connectivity index (χ0n) is 18.2. The van der Waals surface area contributed by atoms with Gasteiger partial charge in [0.15, 0.2) is 0 Å². The van der Waals surface area contributed by atoms with Crippen molar-refractivity contribution >= 4 is 29.1 Å². The molecule has 0 aromatic carbocycles. The lowest BCUT2D eigenvalue weighted by Gasteiger charge is -2.13. The summed E-state index contributed by atoms with van der Waals surface area (Å²) in [5, 5.41) is 12.4. The number of pyridine rings is 1. The highest BCUT2D eigenvalue weighted by Gasteiger charge is 2.27. The fraction of sp³-hybridized carbons (Fsp3) is 0.333. The van der Waals surface area contributed by atoms with E-state index in [-0.39, 0.29) is 17.3 Å². The van der Waals surface area contributed by atoms with Crippen molar-refractivity contribution in [2.24, 2.45) is 0 Å². The molecule has 0 atom stereocenters. The molecular formula is C21H24N8O4. The lowest BCUT2D eigenvalue weighted by atomic mass is 10.2. The molecule has 3 aromatic rings. The van der Waals surface area contributed by atoms with Gasteiger partial charge < -0.3 is 20.1 Å². The van der Waals surface area contributed by atoms with Gasteiger partial charge in [-0.05, 0) is 25.0 Å². The van der Waals surface area contributed by atoms with Gasteiger partial charge >= 0.3 is 6.09 Å². The van der Waals surface area contributed by atoms with Gasteiger partial charge in [-0.1, -0.05) is 0 Å². The summed E-state index contributed by atoms with van der Waals surface area (Å²) in [6.07, 6.45) is 7.28. The summed E-state index contributed by atoms with van der Waals surface area (Å²) < 4.78 is 12.0. The Morgan fingerprint density at radius 1 is 1.15 bits per heavy atom. The fourth-order valence-electron chi connectivity index (χ4n) is 3.16. The third-order valence-corrected chi connectivity index (χ3v) is 4.93. The Bertz CT molecular complexity index is 1130. The van der Waals surface area contributed by atoms with Crippen molar-refractivity contribution in [2.75, 3.05) is 31.4 Å². The van der Waals surface area contributed by atoms with Crippen LogP contribution in [0.2, 0.25) is 0 Å². The molecule has 12 heteroatoms. The molecule has 1 aliphatic rings. The fourth-order valence-corrected chi connectivity index (χ4v) is 3.16. The smallest absolute Gasteiger partial charge is 0.389 e. The molecule has 0 spiro atoms. The number of amides is 2. The molecule has 1 fully saturated rings. The summed E-state index contributed by atoms with van der Waals surface area (Å²) in [7, 11) is 3.05. The van der Waals surface area contributed by atoms with E-state index in [0.717, 1.165) is 18.5 Å². The van der Waals surface area contributed by atoms with Gasteiger partial charge in [-0.2, -0.15) is 5.10 Å². The molecule has 172 valence electrons. The van der Waals surface area contributed by atoms with E-state index >= 15 is 0 Å². The average molecular weight is 452 g/mol. The monoisotopic (exact) mass is 452 g/mol. The molecule has 1 aliphatic carbocycles. The normalized spacial score (nSPS) is 12.8. The highest BCUT2D eigenvalue weighted by Crippen LogP contribution is 2.41. The lowest BCUT2D eigenvalue weighted by Crippen LogP contribution is -2.26. The van der Waals surface area contributed by atoms with Gasteiger partial charge in [-0.3, -0.25) is 14.8 Å². The van der Waals surface area contributed by atoms with Gasteiger partial charge in [-0.25, -0.2) is 19.7 Å². The Kier molecular flexibility index (Phi) is 6.74. The van der Waals surface area contributed by atoms with Crippen molar-refractivity contribution in [1.29, 1.82) is 0 Å². The minimum absolute atomic E-state index is 0.106. The van der Waals surface area contributed by atoms with Gasteiger partial charge in [-0.15, -0.1) is 0 Å². The average Bonchev–Trinajstić information content (AvgIpc) is 3.60. The van der Waals surface area contributed by atoms with Crippen LogP contribution in [0.3, 0.4) is 0 Å². The Balaban J connectivity index is 1.55. The first-order valence-electron chi connectivity index (χ1n) is 10.4. The van der Waals surface area contributed by atoms with Crippen LogP contribution in [0, 0.1) is 0 Å². The van der Waals surface area contributed by atoms with E-state index in [0.29, 0.717) is 30.4 Å². The minimum Gasteiger partial charge on any atom is -0.389 e. The van der Waals surface area contributed by atoms with Crippen LogP contribution in [0.5, 0.6) is 5.88 Å². The Morgan fingerprint density at radius 3 is 2.64 bits per heavy atom. The first-order chi connectivity index (χ1) is 16.1. The summed E-state index contributed by atoms with van der Waals surface area (Å²) in [4.78, 5) is 37.6. The molecule has 0 bridgehead atoms. The van der Waals surface area contributed by atoms with E-state index in [1.54, 1.807) is 25.6 Å². The molecule has 0 aliphatic heterocycles. The Morgan fingerprint density at radius 2 is 1.94 bits per heavy atom. The molecule has 3 heterocycles. The van der Waals surface area contributed by atoms with Crippen LogP contribution in [0.4, 0.5) is 21.9 Å². The molecular weight excluding hydrogens is 428 g/mol. The van der Waals surface area contributed by atoms with Gasteiger partial charge in [0.2, 0.25) is 5.88 Å². The van der Waals surface area contributed by atoms with Crippen LogP contribution in [-0.4, -0.2) is 57.5 Å². The zero-order valence-corrected chi connectivity index (χ0v) is 18.2. The number of methoxy groups -OCH3 is 1. The highest BCUT2D eigenvalue weighted by atomic mass is 16.6. The molecule has 33 heavy (non-hydrogen) atoms. The first kappa shape index (κ1) is 22.1. The summed E-state index contributed by atoms with van der Waals surface area (Å²) in [6, 6.07) is 3.70. The number of hydrogen-bond acceptors (Lipinski definition) is 9. The summed E-state index contributed by atoms with van der Waals surface area (Å²) in [5.41, 5.74) is 2.34. The predicted octanol–water partition coefficient (Wildman–Crippen LogP) is 2.31. The van der Waals surface area contributed by atoms with Crippen molar-refractivity contribution in [1.82, 2.24) is 30.0 Å². The van der Waals surface area contributed by atoms with Crippen LogP contribution in [-0.2, 0) is 11.3 Å². The number of ether oxygens (including phenoxy) is 2. The topological polar surface area (TPSA) is 145 Å². The molecule has 0 radical (unpaired) electrons. The van der Waals surface area contributed by atoms with E-state index in [4.69, 9.17) is 9.47 Å². The van der Waals surface area contributed by atoms with Crippen LogP contribution in [0.25, 0.3) is 0 Å². The predicted molar refractivity (Wildman–Crippen MR) is 119 cm³/mol. The molecule has 0 unspecified atom stereocenters. The number of anilines is 3. The highest BCUT2D eigenvalue weighted by molar-refractivity contribution is 6.01. The van der Waals surface area contributed by atoms with E-state index in [1.807, 2.05) is 6.07 Å². The largest absolute Gasteiger partial charge is 0.418 e. The maximum atomic E-state index is 12.8. The molecule has 4 rings (SSSR count). The zero-order chi connectivity index (χ0) is 23.2. The lowest BCUT2D eigenvalue weighted by molar-refractivity contribution is 0.0949. The van der Waals surface area contributed by atoms with Gasteiger partial charge in [0.05, 0.1) is 43.1 Å². The van der Waals surface area contributed by atoms with E-state index in [1.165, 1.54) is 24.3 Å². The number of rotatable bonds is 9. The standard InChI is InChI=1S/C21H24N8O4/c1-22-19(30)18-17(11-25-29(18)7-8-32-2)28-21(31)33-20-16(26-14-9-23-12-24-10-14)6-5-15(27-20)13-3-4-13/h5-6,9-13,26H,3-4,7-8H2,1-2H3,(H,22,30)(H,28,31). The Hall–Kier alpha value is -4.06.